The number of hydrogen-bond acceptors (Lipinski definition) is 2. The van der Waals surface area contributed by atoms with Gasteiger partial charge in [0.05, 0.1) is 0 Å². The molecule has 0 saturated heterocycles. The average Bonchev–Trinajstić information content (AvgIpc) is 2.48. The van der Waals surface area contributed by atoms with Gasteiger partial charge in [0.2, 0.25) is 0 Å². The second-order valence-corrected chi connectivity index (χ2v) is 6.50. The number of hydrogen-bond donors (Lipinski definition) is 0. The smallest absolute Gasteiger partial charge is 0.254 e. The summed E-state index contributed by atoms with van der Waals surface area (Å²) >= 11 is 0. The molecule has 0 heterocycles. The maximum Gasteiger partial charge on any atom is 0.254 e. The highest BCUT2D eigenvalue weighted by molar-refractivity contribution is 5.94. The fourth-order valence-electron chi connectivity index (χ4n) is 2.78. The largest absolute Gasteiger partial charge is 0.369 e. The first-order valence-electron chi connectivity index (χ1n) is 8.51. The van der Waals surface area contributed by atoms with Gasteiger partial charge in [0.15, 0.2) is 0 Å². The number of carbonyl (C=O) groups excluding carboxylic acids is 1. The molecule has 0 radical (unpaired) electrons. The zero-order valence-electron chi connectivity index (χ0n) is 15.3. The van der Waals surface area contributed by atoms with Gasteiger partial charge in [0, 0.05) is 36.4 Å². The Hall–Kier alpha value is -1.51. The van der Waals surface area contributed by atoms with Crippen molar-refractivity contribution in [3.8, 4) is 0 Å². The Bertz CT molecular complexity index is 465. The van der Waals surface area contributed by atoms with Crippen LogP contribution in [0.15, 0.2) is 24.3 Å². The van der Waals surface area contributed by atoms with Crippen molar-refractivity contribution < 1.29 is 4.79 Å². The van der Waals surface area contributed by atoms with Gasteiger partial charge < -0.3 is 9.80 Å². The van der Waals surface area contributed by atoms with E-state index < -0.39 is 0 Å². The fourth-order valence-corrected chi connectivity index (χ4v) is 2.78. The van der Waals surface area contributed by atoms with Gasteiger partial charge in [-0.1, -0.05) is 13.8 Å². The highest BCUT2D eigenvalue weighted by Gasteiger charge is 2.22. The minimum atomic E-state index is 0.128. The van der Waals surface area contributed by atoms with Crippen LogP contribution in [0.25, 0.3) is 0 Å². The lowest BCUT2D eigenvalue weighted by Gasteiger charge is -2.31. The van der Waals surface area contributed by atoms with Crippen LogP contribution in [0.5, 0.6) is 0 Å². The summed E-state index contributed by atoms with van der Waals surface area (Å²) in [5, 5.41) is 0. The molecule has 0 N–H and O–H groups in total. The molecule has 3 nitrogen and oxygen atoms in total. The minimum Gasteiger partial charge on any atom is -0.369 e. The van der Waals surface area contributed by atoms with Crippen molar-refractivity contribution in [3.05, 3.63) is 29.8 Å². The molecule has 1 atom stereocenters. The Kier molecular flexibility index (Phi) is 6.92. The first kappa shape index (κ1) is 18.5. The van der Waals surface area contributed by atoms with Gasteiger partial charge in [-0.05, 0) is 64.8 Å². The monoisotopic (exact) mass is 304 g/mol. The van der Waals surface area contributed by atoms with E-state index in [-0.39, 0.29) is 11.9 Å². The molecule has 1 aromatic rings. The maximum atomic E-state index is 12.7. The van der Waals surface area contributed by atoms with Gasteiger partial charge in [0.25, 0.3) is 5.91 Å². The number of nitrogens with zero attached hydrogens (tertiary/aromatic N) is 2. The zero-order valence-corrected chi connectivity index (χ0v) is 15.3. The van der Waals surface area contributed by atoms with Crippen LogP contribution in [-0.4, -0.2) is 36.0 Å². The summed E-state index contributed by atoms with van der Waals surface area (Å²) in [6.45, 7) is 16.7. The second kappa shape index (κ2) is 8.21. The molecule has 0 spiro atoms. The molecule has 0 aliphatic carbocycles. The molecule has 1 amide bonds. The van der Waals surface area contributed by atoms with Crippen molar-refractivity contribution in [2.24, 2.45) is 5.92 Å². The van der Waals surface area contributed by atoms with E-state index in [1.807, 2.05) is 24.0 Å². The van der Waals surface area contributed by atoms with Crippen LogP contribution in [0.4, 0.5) is 5.69 Å². The summed E-state index contributed by atoms with van der Waals surface area (Å²) in [4.78, 5) is 17.0. The van der Waals surface area contributed by atoms with E-state index in [1.54, 1.807) is 0 Å². The van der Waals surface area contributed by atoms with Crippen molar-refractivity contribution in [2.75, 3.05) is 18.0 Å². The van der Waals surface area contributed by atoms with Crippen LogP contribution in [0.2, 0.25) is 0 Å². The predicted octanol–water partition coefficient (Wildman–Crippen LogP) is 4.43. The molecule has 1 rings (SSSR count). The Morgan fingerprint density at radius 1 is 0.955 bits per heavy atom. The van der Waals surface area contributed by atoms with Crippen LogP contribution in [0.3, 0.4) is 0 Å². The third kappa shape index (κ3) is 4.25. The molecule has 0 saturated carbocycles. The second-order valence-electron chi connectivity index (χ2n) is 6.50. The Morgan fingerprint density at radius 2 is 1.50 bits per heavy atom. The van der Waals surface area contributed by atoms with Crippen LogP contribution in [0, 0.1) is 5.92 Å². The summed E-state index contributed by atoms with van der Waals surface area (Å²) in [6, 6.07) is 8.74. The third-order valence-electron chi connectivity index (χ3n) is 4.47. The first-order chi connectivity index (χ1) is 10.3. The van der Waals surface area contributed by atoms with Gasteiger partial charge >= 0.3 is 0 Å². The highest BCUT2D eigenvalue weighted by atomic mass is 16.2. The lowest BCUT2D eigenvalue weighted by Crippen LogP contribution is -2.41. The Balaban J connectivity index is 2.96. The first-order valence-corrected chi connectivity index (χ1v) is 8.51. The summed E-state index contributed by atoms with van der Waals surface area (Å²) in [5.74, 6) is 0.586. The molecule has 0 bridgehead atoms. The van der Waals surface area contributed by atoms with Gasteiger partial charge in [-0.15, -0.1) is 0 Å². The topological polar surface area (TPSA) is 23.6 Å². The van der Waals surface area contributed by atoms with Crippen molar-refractivity contribution in [1.82, 2.24) is 4.90 Å². The maximum absolute atomic E-state index is 12.7. The third-order valence-corrected chi connectivity index (χ3v) is 4.47. The van der Waals surface area contributed by atoms with E-state index >= 15 is 0 Å². The molecular formula is C19H32N2O. The molecule has 124 valence electrons. The quantitative estimate of drug-likeness (QED) is 0.744. The lowest BCUT2D eigenvalue weighted by molar-refractivity contribution is 0.0660. The predicted molar refractivity (Wildman–Crippen MR) is 95.6 cm³/mol. The molecule has 3 heteroatoms. The van der Waals surface area contributed by atoms with Gasteiger partial charge in [-0.25, -0.2) is 0 Å². The van der Waals surface area contributed by atoms with E-state index in [1.165, 1.54) is 5.69 Å². The number of rotatable bonds is 7. The van der Waals surface area contributed by atoms with Crippen molar-refractivity contribution in [2.45, 2.75) is 60.5 Å². The van der Waals surface area contributed by atoms with Gasteiger partial charge in [-0.2, -0.15) is 0 Å². The van der Waals surface area contributed by atoms with E-state index in [4.69, 9.17) is 0 Å². The summed E-state index contributed by atoms with van der Waals surface area (Å²) in [6.07, 6.45) is 0. The summed E-state index contributed by atoms with van der Waals surface area (Å²) in [7, 11) is 0. The molecule has 1 aromatic carbocycles. The number of amides is 1. The fraction of sp³-hybridized carbons (Fsp3) is 0.632. The molecular weight excluding hydrogens is 272 g/mol. The number of benzene rings is 1. The summed E-state index contributed by atoms with van der Waals surface area (Å²) in [5.41, 5.74) is 1.95. The molecule has 0 fully saturated rings. The standard InChI is InChI=1S/C19H32N2O/c1-8-20(15(5)6)18-12-10-17(11-13-18)19(22)21(9-2)16(7)14(3)4/h10-16H,8-9H2,1-7H3. The van der Waals surface area contributed by atoms with Crippen molar-refractivity contribution in [1.29, 1.82) is 0 Å². The highest BCUT2D eigenvalue weighted by Crippen LogP contribution is 2.20. The summed E-state index contributed by atoms with van der Waals surface area (Å²) < 4.78 is 0. The van der Waals surface area contributed by atoms with Gasteiger partial charge in [0.1, 0.15) is 0 Å². The average molecular weight is 304 g/mol. The molecule has 0 aliphatic heterocycles. The van der Waals surface area contributed by atoms with E-state index in [2.05, 4.69) is 58.6 Å². The van der Waals surface area contributed by atoms with Crippen LogP contribution in [-0.2, 0) is 0 Å². The Labute approximate surface area is 136 Å². The van der Waals surface area contributed by atoms with Crippen molar-refractivity contribution >= 4 is 11.6 Å². The van der Waals surface area contributed by atoms with Crippen LogP contribution in [0.1, 0.15) is 58.8 Å². The molecule has 1 unspecified atom stereocenters. The van der Waals surface area contributed by atoms with Gasteiger partial charge in [-0.3, -0.25) is 4.79 Å². The number of anilines is 1. The SMILES string of the molecule is CCN(C(=O)c1ccc(N(CC)C(C)C)cc1)C(C)C(C)C. The normalized spacial score (nSPS) is 12.6. The van der Waals surface area contributed by atoms with E-state index in [9.17, 15) is 4.79 Å². The minimum absolute atomic E-state index is 0.128. The molecule has 0 aromatic heterocycles. The molecule has 22 heavy (non-hydrogen) atoms. The zero-order chi connectivity index (χ0) is 16.9. The Morgan fingerprint density at radius 3 is 1.86 bits per heavy atom. The van der Waals surface area contributed by atoms with E-state index in [0.717, 1.165) is 18.7 Å². The van der Waals surface area contributed by atoms with Crippen LogP contribution < -0.4 is 4.90 Å². The van der Waals surface area contributed by atoms with E-state index in [0.29, 0.717) is 12.0 Å². The van der Waals surface area contributed by atoms with Crippen molar-refractivity contribution in [3.63, 3.8) is 0 Å². The lowest BCUT2D eigenvalue weighted by atomic mass is 10.0. The number of carbonyl (C=O) groups is 1. The van der Waals surface area contributed by atoms with Crippen LogP contribution >= 0.6 is 0 Å². The molecule has 0 aliphatic rings.